The van der Waals surface area contributed by atoms with Crippen LogP contribution in [-0.4, -0.2) is 50.4 Å². The normalized spacial score (nSPS) is 19.8. The van der Waals surface area contributed by atoms with Crippen molar-refractivity contribution in [2.75, 3.05) is 32.9 Å². The summed E-state index contributed by atoms with van der Waals surface area (Å²) < 4.78 is 27.2. The summed E-state index contributed by atoms with van der Waals surface area (Å²) in [6.45, 7) is 6.56. The van der Waals surface area contributed by atoms with Gasteiger partial charge >= 0.3 is 0 Å². The first-order valence-electron chi connectivity index (χ1n) is 6.03. The molecule has 1 heterocycles. The van der Waals surface area contributed by atoms with Crippen LogP contribution in [0.15, 0.2) is 0 Å². The van der Waals surface area contributed by atoms with Gasteiger partial charge in [0.25, 0.3) is 10.1 Å². The van der Waals surface area contributed by atoms with E-state index in [4.69, 9.17) is 4.55 Å². The van der Waals surface area contributed by atoms with E-state index in [1.165, 1.54) is 56.2 Å². The fourth-order valence-corrected chi connectivity index (χ4v) is 2.04. The van der Waals surface area contributed by atoms with Crippen LogP contribution in [0.3, 0.4) is 0 Å². The Hall–Kier alpha value is -0.130. The van der Waals surface area contributed by atoms with Crippen LogP contribution in [-0.2, 0) is 10.1 Å². The molecule has 0 atom stereocenters. The van der Waals surface area contributed by atoms with Crippen molar-refractivity contribution in [3.8, 4) is 0 Å². The average molecular weight is 252 g/mol. The molecule has 1 fully saturated rings. The Labute approximate surface area is 100.0 Å². The fraction of sp³-hybridized carbons (Fsp3) is 1.00. The van der Waals surface area contributed by atoms with Gasteiger partial charge in [0, 0.05) is 0 Å². The van der Waals surface area contributed by atoms with E-state index in [-0.39, 0.29) is 0 Å². The second kappa shape index (κ2) is 7.25. The Bertz CT molecular complexity index is 261. The van der Waals surface area contributed by atoms with Crippen LogP contribution >= 0.6 is 0 Å². The van der Waals surface area contributed by atoms with Gasteiger partial charge in [-0.25, -0.2) is 0 Å². The maximum Gasteiger partial charge on any atom is 0.261 e. The first-order chi connectivity index (χ1) is 7.27. The molecule has 0 aromatic heterocycles. The van der Waals surface area contributed by atoms with Gasteiger partial charge in [-0.1, -0.05) is 13.3 Å². The lowest BCUT2D eigenvalue weighted by Gasteiger charge is -2.37. The Morgan fingerprint density at radius 1 is 1.19 bits per heavy atom. The minimum atomic E-state index is -3.67. The van der Waals surface area contributed by atoms with E-state index in [0.717, 1.165) is 0 Å². The van der Waals surface area contributed by atoms with Crippen molar-refractivity contribution < 1.29 is 17.5 Å². The zero-order valence-electron chi connectivity index (χ0n) is 10.8. The molecule has 0 aromatic carbocycles. The molecule has 1 aliphatic heterocycles. The molecular weight excluding hydrogens is 226 g/mol. The van der Waals surface area contributed by atoms with Crippen LogP contribution < -0.4 is 0 Å². The highest BCUT2D eigenvalue weighted by molar-refractivity contribution is 7.85. The summed E-state index contributed by atoms with van der Waals surface area (Å²) in [7, 11) is -1.24. The molecule has 0 saturated carbocycles. The van der Waals surface area contributed by atoms with Crippen molar-refractivity contribution in [1.82, 2.24) is 0 Å². The average Bonchev–Trinajstić information content (AvgIpc) is 2.13. The van der Waals surface area contributed by atoms with Crippen LogP contribution in [0.5, 0.6) is 0 Å². The van der Waals surface area contributed by atoms with E-state index < -0.39 is 10.1 Å². The first kappa shape index (κ1) is 15.9. The van der Waals surface area contributed by atoms with E-state index in [1.54, 1.807) is 0 Å². The summed E-state index contributed by atoms with van der Waals surface area (Å²) in [6.07, 6.45) is 7.87. The molecule has 5 heteroatoms. The van der Waals surface area contributed by atoms with E-state index in [2.05, 4.69) is 14.0 Å². The minimum Gasteiger partial charge on any atom is -0.326 e. The molecule has 0 amide bonds. The molecule has 0 radical (unpaired) electrons. The lowest BCUT2D eigenvalue weighted by Crippen LogP contribution is -2.48. The maximum atomic E-state index is 9.19. The van der Waals surface area contributed by atoms with Crippen LogP contribution in [0.2, 0.25) is 0 Å². The lowest BCUT2D eigenvalue weighted by molar-refractivity contribution is -0.914. The van der Waals surface area contributed by atoms with Crippen LogP contribution in [0, 0.1) is 0 Å². The largest absolute Gasteiger partial charge is 0.326 e. The maximum absolute atomic E-state index is 9.19. The van der Waals surface area contributed by atoms with Crippen molar-refractivity contribution in [2.45, 2.75) is 39.0 Å². The summed E-state index contributed by atoms with van der Waals surface area (Å²) >= 11 is 0. The van der Waals surface area contributed by atoms with E-state index >= 15 is 0 Å². The van der Waals surface area contributed by atoms with E-state index in [0.29, 0.717) is 6.26 Å². The molecule has 16 heavy (non-hydrogen) atoms. The van der Waals surface area contributed by atoms with Crippen LogP contribution in [0.4, 0.5) is 0 Å². The summed E-state index contributed by atoms with van der Waals surface area (Å²) in [5.41, 5.74) is 0. The molecule has 0 aromatic rings. The van der Waals surface area contributed by atoms with Crippen molar-refractivity contribution in [2.24, 2.45) is 0 Å². The third-order valence-corrected chi connectivity index (χ3v) is 2.95. The third-order valence-electron chi connectivity index (χ3n) is 2.95. The highest BCUT2D eigenvalue weighted by atomic mass is 32.2. The summed E-state index contributed by atoms with van der Waals surface area (Å²) in [6, 6.07) is 0. The van der Waals surface area contributed by atoms with Gasteiger partial charge in [-0.3, -0.25) is 4.55 Å². The number of quaternary nitrogens is 1. The van der Waals surface area contributed by atoms with Crippen molar-refractivity contribution in [3.63, 3.8) is 0 Å². The summed E-state index contributed by atoms with van der Waals surface area (Å²) in [4.78, 5) is 0. The number of piperidine rings is 1. The minimum absolute atomic E-state index is 0.715. The predicted octanol–water partition coefficient (Wildman–Crippen LogP) is 1.92. The molecule has 0 unspecified atom stereocenters. The van der Waals surface area contributed by atoms with Gasteiger partial charge < -0.3 is 4.48 Å². The molecule has 0 bridgehead atoms. The predicted molar refractivity (Wildman–Crippen MR) is 67.0 cm³/mol. The zero-order chi connectivity index (χ0) is 12.7. The van der Waals surface area contributed by atoms with Gasteiger partial charge in [-0.05, 0) is 25.7 Å². The van der Waals surface area contributed by atoms with E-state index in [9.17, 15) is 8.42 Å². The highest BCUT2D eigenvalue weighted by Crippen LogP contribution is 2.16. The summed E-state index contributed by atoms with van der Waals surface area (Å²) in [5.74, 6) is 0. The molecule has 1 rings (SSSR count). The topological polar surface area (TPSA) is 54.4 Å². The Balaban J connectivity index is 0.000000385. The van der Waals surface area contributed by atoms with Crippen LogP contribution in [0.25, 0.3) is 0 Å². The SMILES string of the molecule is CCCC[N+]1(C)CCCCC1.CS(=O)(=O)O. The molecule has 0 spiro atoms. The lowest BCUT2D eigenvalue weighted by atomic mass is 10.1. The smallest absolute Gasteiger partial charge is 0.261 e. The molecular formula is C11H26NO3S+. The van der Waals surface area contributed by atoms with Gasteiger partial charge in [0.2, 0.25) is 0 Å². The first-order valence-corrected chi connectivity index (χ1v) is 7.88. The fourth-order valence-electron chi connectivity index (χ4n) is 2.04. The Kier molecular flexibility index (Phi) is 7.19. The zero-order valence-corrected chi connectivity index (χ0v) is 11.6. The molecule has 0 aliphatic carbocycles. The number of hydrogen-bond donors (Lipinski definition) is 1. The molecule has 98 valence electrons. The summed E-state index contributed by atoms with van der Waals surface area (Å²) in [5, 5.41) is 0. The number of likely N-dealkylation sites (tertiary alicyclic amines) is 1. The van der Waals surface area contributed by atoms with E-state index in [1.807, 2.05) is 0 Å². The Morgan fingerprint density at radius 3 is 2.00 bits per heavy atom. The second-order valence-corrected chi connectivity index (χ2v) is 6.40. The van der Waals surface area contributed by atoms with Gasteiger partial charge in [-0.15, -0.1) is 0 Å². The van der Waals surface area contributed by atoms with Gasteiger partial charge in [-0.2, -0.15) is 8.42 Å². The van der Waals surface area contributed by atoms with Crippen molar-refractivity contribution in [3.05, 3.63) is 0 Å². The number of nitrogens with zero attached hydrogens (tertiary/aromatic N) is 1. The van der Waals surface area contributed by atoms with Crippen molar-refractivity contribution >= 4 is 10.1 Å². The quantitative estimate of drug-likeness (QED) is 0.617. The number of hydrogen-bond acceptors (Lipinski definition) is 2. The Morgan fingerprint density at radius 2 is 1.62 bits per heavy atom. The number of unbranched alkanes of at least 4 members (excludes halogenated alkanes) is 1. The van der Waals surface area contributed by atoms with Gasteiger partial charge in [0.05, 0.1) is 32.9 Å². The standard InChI is InChI=1S/C10H22N.CH4O3S/c1-3-4-8-11(2)9-6-5-7-10-11;1-5(2,3)4/h3-10H2,1-2H3;1H3,(H,2,3,4)/q+1;. The molecule has 1 saturated heterocycles. The second-order valence-electron chi connectivity index (χ2n) is 4.94. The van der Waals surface area contributed by atoms with Gasteiger partial charge in [0.1, 0.15) is 0 Å². The van der Waals surface area contributed by atoms with Gasteiger partial charge in [0.15, 0.2) is 0 Å². The molecule has 1 N–H and O–H groups in total. The van der Waals surface area contributed by atoms with Crippen molar-refractivity contribution in [1.29, 1.82) is 0 Å². The molecule has 4 nitrogen and oxygen atoms in total. The number of rotatable bonds is 3. The van der Waals surface area contributed by atoms with Crippen LogP contribution in [0.1, 0.15) is 39.0 Å². The highest BCUT2D eigenvalue weighted by Gasteiger charge is 2.23. The monoisotopic (exact) mass is 252 g/mol. The molecule has 1 aliphatic rings. The third kappa shape index (κ3) is 10.4.